The lowest BCUT2D eigenvalue weighted by Crippen LogP contribution is -2.36. The van der Waals surface area contributed by atoms with Gasteiger partial charge in [0.15, 0.2) is 0 Å². The van der Waals surface area contributed by atoms with E-state index in [0.717, 1.165) is 18.8 Å². The highest BCUT2D eigenvalue weighted by molar-refractivity contribution is 5.28. The molecule has 0 bridgehead atoms. The zero-order chi connectivity index (χ0) is 22.6. The van der Waals surface area contributed by atoms with Crippen molar-refractivity contribution in [2.24, 2.45) is 0 Å². The van der Waals surface area contributed by atoms with Crippen molar-refractivity contribution in [2.75, 3.05) is 13.2 Å². The molecule has 0 spiro atoms. The monoisotopic (exact) mass is 436 g/mol. The molecule has 1 aliphatic carbocycles. The molecule has 0 amide bonds. The van der Waals surface area contributed by atoms with E-state index in [0.29, 0.717) is 25.8 Å². The van der Waals surface area contributed by atoms with Gasteiger partial charge in [-0.2, -0.15) is 0 Å². The fourth-order valence-electron chi connectivity index (χ4n) is 4.06. The summed E-state index contributed by atoms with van der Waals surface area (Å²) in [5.41, 5.74) is 4.11. The van der Waals surface area contributed by atoms with Gasteiger partial charge in [0.2, 0.25) is 0 Å². The molecular formula is C27H36N2O3. The number of furan rings is 1. The average Bonchev–Trinajstić information content (AvgIpc) is 3.30. The van der Waals surface area contributed by atoms with Gasteiger partial charge in [-0.1, -0.05) is 45.0 Å². The van der Waals surface area contributed by atoms with Crippen LogP contribution in [0, 0.1) is 0 Å². The molecule has 2 heterocycles. The minimum absolute atomic E-state index is 0.171. The van der Waals surface area contributed by atoms with Gasteiger partial charge < -0.3 is 18.8 Å². The van der Waals surface area contributed by atoms with Crippen LogP contribution in [0.15, 0.2) is 65.4 Å². The molecule has 5 heteroatoms. The molecule has 1 N–H and O–H groups in total. The van der Waals surface area contributed by atoms with Gasteiger partial charge in [0, 0.05) is 37.6 Å². The van der Waals surface area contributed by atoms with Crippen molar-refractivity contribution in [1.29, 1.82) is 0 Å². The normalized spacial score (nSPS) is 15.4. The maximum atomic E-state index is 10.5. The number of hydrogen-bond acceptors (Lipinski definition) is 4. The lowest BCUT2D eigenvalue weighted by molar-refractivity contribution is 0.00216. The van der Waals surface area contributed by atoms with E-state index >= 15 is 0 Å². The Morgan fingerprint density at radius 1 is 1.12 bits per heavy atom. The first-order valence-corrected chi connectivity index (χ1v) is 11.6. The SMILES string of the molecule is CC(C)(C)c1ccc(Cn2cccc2CN(C[C@H](O)COCc2ccco2)C2CC2)cc1. The van der Waals surface area contributed by atoms with Crippen LogP contribution in [-0.2, 0) is 29.8 Å². The van der Waals surface area contributed by atoms with Crippen LogP contribution in [0.2, 0.25) is 0 Å². The Morgan fingerprint density at radius 3 is 2.56 bits per heavy atom. The molecule has 4 rings (SSSR count). The largest absolute Gasteiger partial charge is 0.467 e. The van der Waals surface area contributed by atoms with Gasteiger partial charge in [-0.05, 0) is 53.6 Å². The molecule has 0 unspecified atom stereocenters. The molecule has 1 aromatic carbocycles. The molecular weight excluding hydrogens is 400 g/mol. The number of hydrogen-bond donors (Lipinski definition) is 1. The third-order valence-corrected chi connectivity index (χ3v) is 6.10. The van der Waals surface area contributed by atoms with E-state index in [9.17, 15) is 5.11 Å². The number of ether oxygens (including phenoxy) is 1. The Balaban J connectivity index is 1.32. The Hall–Kier alpha value is -2.34. The molecule has 172 valence electrons. The molecule has 0 radical (unpaired) electrons. The maximum Gasteiger partial charge on any atom is 0.129 e. The summed E-state index contributed by atoms with van der Waals surface area (Å²) in [6.07, 6.45) is 5.68. The molecule has 1 fully saturated rings. The number of aliphatic hydroxyl groups excluding tert-OH is 1. The van der Waals surface area contributed by atoms with Gasteiger partial charge in [0.1, 0.15) is 12.4 Å². The van der Waals surface area contributed by atoms with Crippen LogP contribution >= 0.6 is 0 Å². The maximum absolute atomic E-state index is 10.5. The van der Waals surface area contributed by atoms with Crippen LogP contribution in [0.5, 0.6) is 0 Å². The van der Waals surface area contributed by atoms with Crippen molar-refractivity contribution >= 4 is 0 Å². The summed E-state index contributed by atoms with van der Waals surface area (Å²) < 4.78 is 13.2. The number of aliphatic hydroxyl groups is 1. The molecule has 2 aromatic heterocycles. The highest BCUT2D eigenvalue weighted by Crippen LogP contribution is 2.29. The summed E-state index contributed by atoms with van der Waals surface area (Å²) in [7, 11) is 0. The first-order valence-electron chi connectivity index (χ1n) is 11.6. The minimum Gasteiger partial charge on any atom is -0.467 e. The van der Waals surface area contributed by atoms with Gasteiger partial charge in [-0.25, -0.2) is 0 Å². The van der Waals surface area contributed by atoms with E-state index in [4.69, 9.17) is 9.15 Å². The van der Waals surface area contributed by atoms with Crippen LogP contribution in [0.3, 0.4) is 0 Å². The van der Waals surface area contributed by atoms with Crippen molar-refractivity contribution in [3.63, 3.8) is 0 Å². The number of benzene rings is 1. The second-order valence-corrected chi connectivity index (χ2v) is 9.98. The van der Waals surface area contributed by atoms with Gasteiger partial charge in [-0.15, -0.1) is 0 Å². The third-order valence-electron chi connectivity index (χ3n) is 6.10. The van der Waals surface area contributed by atoms with Gasteiger partial charge in [0.05, 0.1) is 19.0 Å². The van der Waals surface area contributed by atoms with Crippen molar-refractivity contribution in [1.82, 2.24) is 9.47 Å². The number of rotatable bonds is 11. The van der Waals surface area contributed by atoms with Crippen LogP contribution < -0.4 is 0 Å². The predicted molar refractivity (Wildman–Crippen MR) is 126 cm³/mol. The topological polar surface area (TPSA) is 50.8 Å². The second kappa shape index (κ2) is 10.1. The molecule has 5 nitrogen and oxygen atoms in total. The Kier molecular flexibility index (Phi) is 7.19. The van der Waals surface area contributed by atoms with Crippen molar-refractivity contribution < 1.29 is 14.3 Å². The molecule has 1 saturated carbocycles. The average molecular weight is 437 g/mol. The minimum atomic E-state index is -0.515. The van der Waals surface area contributed by atoms with Crippen molar-refractivity contribution in [3.05, 3.63) is 83.6 Å². The smallest absolute Gasteiger partial charge is 0.129 e. The van der Waals surface area contributed by atoms with Crippen molar-refractivity contribution in [3.8, 4) is 0 Å². The fourth-order valence-corrected chi connectivity index (χ4v) is 4.06. The fraction of sp³-hybridized carbons (Fsp3) is 0.481. The Morgan fingerprint density at radius 2 is 1.91 bits per heavy atom. The summed E-state index contributed by atoms with van der Waals surface area (Å²) in [5, 5.41) is 10.5. The molecule has 3 aromatic rings. The van der Waals surface area contributed by atoms with E-state index in [1.165, 1.54) is 29.7 Å². The highest BCUT2D eigenvalue weighted by Gasteiger charge is 2.30. The zero-order valence-electron chi connectivity index (χ0n) is 19.5. The second-order valence-electron chi connectivity index (χ2n) is 9.98. The summed E-state index contributed by atoms with van der Waals surface area (Å²) >= 11 is 0. The third kappa shape index (κ3) is 6.35. The summed E-state index contributed by atoms with van der Waals surface area (Å²) in [4.78, 5) is 2.40. The van der Waals surface area contributed by atoms with E-state index in [-0.39, 0.29) is 5.41 Å². The number of aromatic nitrogens is 1. The van der Waals surface area contributed by atoms with Crippen LogP contribution in [0.1, 0.15) is 56.2 Å². The first kappa shape index (κ1) is 22.8. The molecule has 1 aliphatic rings. The number of nitrogens with zero attached hydrogens (tertiary/aromatic N) is 2. The molecule has 1 atom stereocenters. The standard InChI is InChI=1S/C27H36N2O3/c1-27(2,3)22-10-8-21(9-11-22)16-28-14-4-6-24(28)17-29(23-12-13-23)18-25(30)19-31-20-26-7-5-15-32-26/h4-11,14-15,23,25,30H,12-13,16-20H2,1-3H3/t25-/m0/s1. The summed E-state index contributed by atoms with van der Waals surface area (Å²) in [6.45, 7) is 9.76. The molecule has 0 saturated heterocycles. The molecule has 0 aliphatic heterocycles. The van der Waals surface area contributed by atoms with E-state index in [1.807, 2.05) is 12.1 Å². The van der Waals surface area contributed by atoms with Crippen molar-refractivity contribution in [2.45, 2.75) is 70.9 Å². The van der Waals surface area contributed by atoms with Crippen LogP contribution in [0.25, 0.3) is 0 Å². The van der Waals surface area contributed by atoms with Gasteiger partial charge in [-0.3, -0.25) is 4.90 Å². The Bertz CT molecular complexity index is 950. The van der Waals surface area contributed by atoms with Gasteiger partial charge in [0.25, 0.3) is 0 Å². The highest BCUT2D eigenvalue weighted by atomic mass is 16.5. The lowest BCUT2D eigenvalue weighted by Gasteiger charge is -2.25. The lowest BCUT2D eigenvalue weighted by atomic mass is 9.87. The van der Waals surface area contributed by atoms with Crippen LogP contribution in [-0.4, -0.2) is 39.9 Å². The Labute approximate surface area is 191 Å². The first-order chi connectivity index (χ1) is 15.4. The summed E-state index contributed by atoms with van der Waals surface area (Å²) in [6, 6.07) is 17.6. The predicted octanol–water partition coefficient (Wildman–Crippen LogP) is 4.97. The summed E-state index contributed by atoms with van der Waals surface area (Å²) in [5.74, 6) is 0.782. The molecule has 32 heavy (non-hydrogen) atoms. The van der Waals surface area contributed by atoms with E-state index < -0.39 is 6.10 Å². The van der Waals surface area contributed by atoms with Crippen LogP contribution in [0.4, 0.5) is 0 Å². The van der Waals surface area contributed by atoms with E-state index in [2.05, 4.69) is 72.8 Å². The van der Waals surface area contributed by atoms with E-state index in [1.54, 1.807) is 6.26 Å². The van der Waals surface area contributed by atoms with Gasteiger partial charge >= 0.3 is 0 Å². The zero-order valence-corrected chi connectivity index (χ0v) is 19.5. The quantitative estimate of drug-likeness (QED) is 0.461.